The molecule has 2 saturated heterocycles. The number of nitrogens with zero attached hydrogens (tertiary/aromatic N) is 1. The Morgan fingerprint density at radius 1 is 1.21 bits per heavy atom. The Labute approximate surface area is 115 Å². The molecule has 104 valence electrons. The van der Waals surface area contributed by atoms with Crippen molar-refractivity contribution in [1.82, 2.24) is 10.2 Å². The number of ether oxygens (including phenoxy) is 1. The molecule has 19 heavy (non-hydrogen) atoms. The minimum absolute atomic E-state index is 0.754. The zero-order valence-corrected chi connectivity index (χ0v) is 11.6. The van der Waals surface area contributed by atoms with Gasteiger partial charge in [0.2, 0.25) is 0 Å². The lowest BCUT2D eigenvalue weighted by Crippen LogP contribution is -2.40. The molecule has 0 saturated carbocycles. The molecule has 0 radical (unpaired) electrons. The number of benzene rings is 1. The molecule has 0 unspecified atom stereocenters. The average Bonchev–Trinajstić information content (AvgIpc) is 2.87. The van der Waals surface area contributed by atoms with Crippen molar-refractivity contribution in [2.45, 2.75) is 25.3 Å². The van der Waals surface area contributed by atoms with Crippen LogP contribution in [-0.4, -0.2) is 43.7 Å². The highest BCUT2D eigenvalue weighted by Gasteiger charge is 2.33. The van der Waals surface area contributed by atoms with E-state index >= 15 is 0 Å². The summed E-state index contributed by atoms with van der Waals surface area (Å²) in [5, 5.41) is 3.65. The third kappa shape index (κ3) is 3.48. The Bertz CT molecular complexity index is 368. The third-order valence-corrected chi connectivity index (χ3v) is 4.31. The first-order valence-corrected chi connectivity index (χ1v) is 7.55. The van der Waals surface area contributed by atoms with E-state index in [2.05, 4.69) is 10.2 Å². The Morgan fingerprint density at radius 3 is 2.95 bits per heavy atom. The molecule has 2 fully saturated rings. The summed E-state index contributed by atoms with van der Waals surface area (Å²) >= 11 is 0. The van der Waals surface area contributed by atoms with E-state index in [4.69, 9.17) is 4.74 Å². The Hall–Kier alpha value is -1.06. The van der Waals surface area contributed by atoms with Gasteiger partial charge in [-0.1, -0.05) is 18.2 Å². The number of hydrogen-bond acceptors (Lipinski definition) is 3. The topological polar surface area (TPSA) is 24.5 Å². The number of hydrogen-bond donors (Lipinski definition) is 1. The van der Waals surface area contributed by atoms with Crippen molar-refractivity contribution in [3.63, 3.8) is 0 Å². The van der Waals surface area contributed by atoms with Gasteiger partial charge in [-0.3, -0.25) is 0 Å². The minimum atomic E-state index is 0.754. The van der Waals surface area contributed by atoms with Crippen molar-refractivity contribution in [3.8, 4) is 5.75 Å². The highest BCUT2D eigenvalue weighted by atomic mass is 16.5. The van der Waals surface area contributed by atoms with Crippen molar-refractivity contribution >= 4 is 0 Å². The van der Waals surface area contributed by atoms with Crippen LogP contribution in [0, 0.1) is 5.92 Å². The summed E-state index contributed by atoms with van der Waals surface area (Å²) in [6, 6.07) is 10.9. The van der Waals surface area contributed by atoms with Gasteiger partial charge in [-0.15, -0.1) is 0 Å². The fourth-order valence-electron chi connectivity index (χ4n) is 3.31. The fraction of sp³-hybridized carbons (Fsp3) is 0.625. The van der Waals surface area contributed by atoms with Gasteiger partial charge in [0.05, 0.1) is 6.61 Å². The predicted molar refractivity (Wildman–Crippen MR) is 77.5 cm³/mol. The van der Waals surface area contributed by atoms with Crippen LogP contribution in [0.25, 0.3) is 0 Å². The quantitative estimate of drug-likeness (QED) is 0.821. The molecule has 0 amide bonds. The molecule has 1 aromatic rings. The number of fused-ring (bicyclic) bond motifs is 1. The number of nitrogens with one attached hydrogen (secondary N) is 1. The lowest BCUT2D eigenvalue weighted by Gasteiger charge is -2.24. The van der Waals surface area contributed by atoms with Crippen molar-refractivity contribution in [3.05, 3.63) is 30.3 Å². The number of rotatable bonds is 5. The lowest BCUT2D eigenvalue weighted by molar-refractivity contribution is 0.257. The summed E-state index contributed by atoms with van der Waals surface area (Å²) in [5.41, 5.74) is 0. The van der Waals surface area contributed by atoms with Crippen LogP contribution in [0.5, 0.6) is 5.75 Å². The molecule has 3 heteroatoms. The number of para-hydroxylation sites is 1. The van der Waals surface area contributed by atoms with E-state index in [1.54, 1.807) is 0 Å². The van der Waals surface area contributed by atoms with E-state index in [1.165, 1.54) is 39.0 Å². The van der Waals surface area contributed by atoms with Crippen LogP contribution in [-0.2, 0) is 0 Å². The van der Waals surface area contributed by atoms with Crippen molar-refractivity contribution in [1.29, 1.82) is 0 Å². The molecule has 2 heterocycles. The van der Waals surface area contributed by atoms with Crippen LogP contribution < -0.4 is 10.1 Å². The largest absolute Gasteiger partial charge is 0.494 e. The van der Waals surface area contributed by atoms with E-state index in [-0.39, 0.29) is 0 Å². The molecule has 0 bridgehead atoms. The smallest absolute Gasteiger partial charge is 0.119 e. The summed E-state index contributed by atoms with van der Waals surface area (Å²) < 4.78 is 5.74. The van der Waals surface area contributed by atoms with Gasteiger partial charge in [0.1, 0.15) is 5.75 Å². The second kappa shape index (κ2) is 6.40. The van der Waals surface area contributed by atoms with Crippen LogP contribution in [0.15, 0.2) is 30.3 Å². The summed E-state index contributed by atoms with van der Waals surface area (Å²) in [6.07, 6.45) is 3.88. The van der Waals surface area contributed by atoms with Crippen LogP contribution >= 0.6 is 0 Å². The summed E-state index contributed by atoms with van der Waals surface area (Å²) in [4.78, 5) is 2.60. The molecule has 0 aromatic heterocycles. The van der Waals surface area contributed by atoms with Gasteiger partial charge in [-0.2, -0.15) is 0 Å². The predicted octanol–water partition coefficient (Wildman–Crippen LogP) is 2.14. The van der Waals surface area contributed by atoms with Gasteiger partial charge in [0.15, 0.2) is 0 Å². The minimum Gasteiger partial charge on any atom is -0.494 e. The molecule has 2 atom stereocenters. The first-order chi connectivity index (χ1) is 9.42. The van der Waals surface area contributed by atoms with Gasteiger partial charge >= 0.3 is 0 Å². The second-order valence-corrected chi connectivity index (χ2v) is 5.74. The fourth-order valence-corrected chi connectivity index (χ4v) is 3.31. The molecule has 3 rings (SSSR count). The maximum Gasteiger partial charge on any atom is 0.119 e. The Balaban J connectivity index is 1.35. The van der Waals surface area contributed by atoms with Crippen molar-refractivity contribution in [2.24, 2.45) is 5.92 Å². The molecule has 0 spiro atoms. The molecule has 1 N–H and O–H groups in total. The highest BCUT2D eigenvalue weighted by Crippen LogP contribution is 2.24. The van der Waals surface area contributed by atoms with Crippen LogP contribution in [0.4, 0.5) is 0 Å². The maximum atomic E-state index is 5.74. The van der Waals surface area contributed by atoms with Crippen molar-refractivity contribution < 1.29 is 4.74 Å². The first kappa shape index (κ1) is 12.9. The van der Waals surface area contributed by atoms with Crippen LogP contribution in [0.3, 0.4) is 0 Å². The Morgan fingerprint density at radius 2 is 2.11 bits per heavy atom. The average molecular weight is 260 g/mol. The van der Waals surface area contributed by atoms with E-state index in [0.29, 0.717) is 0 Å². The number of likely N-dealkylation sites (tertiary alicyclic amines) is 1. The molecule has 3 nitrogen and oxygen atoms in total. The second-order valence-electron chi connectivity index (χ2n) is 5.74. The molecular formula is C16H24N2O. The van der Waals surface area contributed by atoms with E-state index < -0.39 is 0 Å². The Kier molecular flexibility index (Phi) is 4.36. The molecule has 0 aliphatic carbocycles. The third-order valence-electron chi connectivity index (χ3n) is 4.31. The van der Waals surface area contributed by atoms with Gasteiger partial charge in [0.25, 0.3) is 0 Å². The summed E-state index contributed by atoms with van der Waals surface area (Å²) in [5.74, 6) is 1.88. The molecule has 2 aliphatic heterocycles. The monoisotopic (exact) mass is 260 g/mol. The van der Waals surface area contributed by atoms with Crippen LogP contribution in [0.2, 0.25) is 0 Å². The molecule has 2 aliphatic rings. The SMILES string of the molecule is c1ccc(OCCCN2C[C@@H]3CCCN[C@@H]3C2)cc1. The zero-order chi connectivity index (χ0) is 12.9. The summed E-state index contributed by atoms with van der Waals surface area (Å²) in [7, 11) is 0. The molecule has 1 aromatic carbocycles. The number of piperidine rings is 1. The zero-order valence-electron chi connectivity index (χ0n) is 11.6. The van der Waals surface area contributed by atoms with Gasteiger partial charge in [0, 0.05) is 25.7 Å². The highest BCUT2D eigenvalue weighted by molar-refractivity contribution is 5.20. The van der Waals surface area contributed by atoms with E-state index in [1.807, 2.05) is 30.3 Å². The first-order valence-electron chi connectivity index (χ1n) is 7.55. The normalized spacial score (nSPS) is 27.2. The van der Waals surface area contributed by atoms with E-state index in [0.717, 1.165) is 30.7 Å². The maximum absolute atomic E-state index is 5.74. The van der Waals surface area contributed by atoms with Gasteiger partial charge in [-0.25, -0.2) is 0 Å². The van der Waals surface area contributed by atoms with Gasteiger partial charge < -0.3 is 15.0 Å². The van der Waals surface area contributed by atoms with Crippen LogP contribution in [0.1, 0.15) is 19.3 Å². The van der Waals surface area contributed by atoms with Crippen molar-refractivity contribution in [2.75, 3.05) is 32.8 Å². The summed E-state index contributed by atoms with van der Waals surface area (Å²) in [6.45, 7) is 5.72. The lowest BCUT2D eigenvalue weighted by atomic mass is 9.94. The van der Waals surface area contributed by atoms with Gasteiger partial charge in [-0.05, 0) is 43.9 Å². The molecular weight excluding hydrogens is 236 g/mol. The standard InChI is InChI=1S/C16H24N2O/c1-2-7-15(8-3-1)19-11-5-10-18-12-14-6-4-9-17-16(14)13-18/h1-3,7-8,14,16-17H,4-6,9-13H2/t14-,16+/m0/s1. The van der Waals surface area contributed by atoms with E-state index in [9.17, 15) is 0 Å².